The van der Waals surface area contributed by atoms with Crippen LogP contribution in [0.15, 0.2) is 4.66 Å². The van der Waals surface area contributed by atoms with E-state index in [1.807, 2.05) is 0 Å². The summed E-state index contributed by atoms with van der Waals surface area (Å²) in [4.78, 5) is 4.23. The van der Waals surface area contributed by atoms with Gasteiger partial charge in [0, 0.05) is 28.2 Å². The summed E-state index contributed by atoms with van der Waals surface area (Å²) in [6.07, 6.45) is 0. The van der Waals surface area contributed by atoms with Crippen LogP contribution in [-0.2, 0) is 0 Å². The predicted molar refractivity (Wildman–Crippen MR) is 72.0 cm³/mol. The van der Waals surface area contributed by atoms with Gasteiger partial charge in [-0.15, -0.1) is 0 Å². The van der Waals surface area contributed by atoms with E-state index in [9.17, 15) is 0 Å². The van der Waals surface area contributed by atoms with Gasteiger partial charge in [0.25, 0.3) is 0 Å². The van der Waals surface area contributed by atoms with Gasteiger partial charge < -0.3 is 9.80 Å². The van der Waals surface area contributed by atoms with Crippen molar-refractivity contribution >= 4 is 14.2 Å². The number of hydrogen-bond acceptors (Lipinski definition) is 1. The van der Waals surface area contributed by atoms with Crippen molar-refractivity contribution in [1.29, 1.82) is 0 Å². The van der Waals surface area contributed by atoms with Crippen molar-refractivity contribution < 1.29 is 0 Å². The molecule has 0 aliphatic heterocycles. The molecule has 0 rings (SSSR count). The Balaban J connectivity index is 5.06. The van der Waals surface area contributed by atoms with Crippen molar-refractivity contribution in [1.82, 2.24) is 9.80 Å². The van der Waals surface area contributed by atoms with E-state index in [2.05, 4.69) is 58.8 Å². The van der Waals surface area contributed by atoms with Crippen molar-refractivity contribution in [2.45, 2.75) is 38.9 Å². The Hall–Kier alpha value is -0.513. The third-order valence-corrected chi connectivity index (χ3v) is 7.73. The minimum absolute atomic E-state index is 1.12. The van der Waals surface area contributed by atoms with Gasteiger partial charge in [0.15, 0.2) is 14.2 Å². The van der Waals surface area contributed by atoms with Gasteiger partial charge in [0.2, 0.25) is 0 Å². The zero-order chi connectivity index (χ0) is 12.1. The summed E-state index contributed by atoms with van der Waals surface area (Å²) >= 11 is 0. The van der Waals surface area contributed by atoms with Crippen molar-refractivity contribution in [3.05, 3.63) is 0 Å². The van der Waals surface area contributed by atoms with Crippen LogP contribution in [-0.4, -0.2) is 52.2 Å². The molecule has 0 radical (unpaired) electrons. The molecule has 0 bridgehead atoms. The molecule has 0 amide bonds. The SMILES string of the molecule is CC[Si](CC)(CC)N=C(N(C)C)N(C)C. The molecule has 0 spiro atoms. The summed E-state index contributed by atoms with van der Waals surface area (Å²) in [5, 5.41) is 0. The van der Waals surface area contributed by atoms with Crippen LogP contribution in [0.2, 0.25) is 18.1 Å². The van der Waals surface area contributed by atoms with Gasteiger partial charge in [-0.3, -0.25) is 4.66 Å². The Bertz CT molecular complexity index is 190. The van der Waals surface area contributed by atoms with Crippen molar-refractivity contribution in [2.75, 3.05) is 28.2 Å². The summed E-state index contributed by atoms with van der Waals surface area (Å²) in [5.74, 6) is 1.12. The fraction of sp³-hybridized carbons (Fsp3) is 0.909. The molecule has 0 aromatic rings. The highest BCUT2D eigenvalue weighted by Crippen LogP contribution is 2.22. The molecule has 3 nitrogen and oxygen atoms in total. The summed E-state index contributed by atoms with van der Waals surface area (Å²) in [7, 11) is 6.87. The monoisotopic (exact) mass is 229 g/mol. The summed E-state index contributed by atoms with van der Waals surface area (Å²) in [6, 6.07) is 3.72. The highest BCUT2D eigenvalue weighted by Gasteiger charge is 2.28. The lowest BCUT2D eigenvalue weighted by molar-refractivity contribution is 0.485. The fourth-order valence-corrected chi connectivity index (χ4v) is 4.60. The molecule has 0 N–H and O–H groups in total. The van der Waals surface area contributed by atoms with Crippen LogP contribution in [0.25, 0.3) is 0 Å². The van der Waals surface area contributed by atoms with E-state index < -0.39 is 8.24 Å². The van der Waals surface area contributed by atoms with Crippen LogP contribution >= 0.6 is 0 Å². The molecule has 4 heteroatoms. The molecule has 0 heterocycles. The maximum absolute atomic E-state index is 5.07. The van der Waals surface area contributed by atoms with Crippen LogP contribution in [0.4, 0.5) is 0 Å². The Morgan fingerprint density at radius 3 is 1.40 bits per heavy atom. The normalized spacial score (nSPS) is 11.1. The molecular weight excluding hydrogens is 202 g/mol. The number of nitrogens with zero attached hydrogens (tertiary/aromatic N) is 3. The Labute approximate surface area is 96.3 Å². The van der Waals surface area contributed by atoms with E-state index in [-0.39, 0.29) is 0 Å². The quantitative estimate of drug-likeness (QED) is 0.419. The molecule has 15 heavy (non-hydrogen) atoms. The number of hydrogen-bond donors (Lipinski definition) is 0. The Kier molecular flexibility index (Phi) is 5.94. The zero-order valence-electron chi connectivity index (χ0n) is 11.5. The second-order valence-electron chi connectivity index (χ2n) is 4.49. The molecule has 0 unspecified atom stereocenters. The summed E-state index contributed by atoms with van der Waals surface area (Å²) in [5.41, 5.74) is 0. The molecular formula is C11H27N3Si. The molecule has 0 saturated heterocycles. The van der Waals surface area contributed by atoms with E-state index in [4.69, 9.17) is 4.66 Å². The first kappa shape index (κ1) is 14.5. The van der Waals surface area contributed by atoms with Crippen LogP contribution < -0.4 is 0 Å². The fourth-order valence-electron chi connectivity index (χ4n) is 1.80. The summed E-state index contributed by atoms with van der Waals surface area (Å²) < 4.78 is 5.07. The van der Waals surface area contributed by atoms with Crippen molar-refractivity contribution in [3.8, 4) is 0 Å². The number of guanidine groups is 1. The molecule has 0 aliphatic rings. The van der Waals surface area contributed by atoms with E-state index in [1.54, 1.807) is 0 Å². The minimum Gasteiger partial charge on any atom is -0.350 e. The van der Waals surface area contributed by atoms with Gasteiger partial charge in [-0.2, -0.15) is 0 Å². The van der Waals surface area contributed by atoms with Gasteiger partial charge in [-0.1, -0.05) is 20.8 Å². The average molecular weight is 229 g/mol. The van der Waals surface area contributed by atoms with Crippen molar-refractivity contribution in [2.24, 2.45) is 4.66 Å². The Morgan fingerprint density at radius 1 is 0.867 bits per heavy atom. The predicted octanol–water partition coefficient (Wildman–Crippen LogP) is 2.47. The first-order chi connectivity index (χ1) is 6.92. The highest BCUT2D eigenvalue weighted by atomic mass is 28.3. The highest BCUT2D eigenvalue weighted by molar-refractivity contribution is 6.79. The van der Waals surface area contributed by atoms with E-state index in [0.717, 1.165) is 5.96 Å². The third-order valence-electron chi connectivity index (χ3n) is 3.11. The lowest BCUT2D eigenvalue weighted by atomic mass is 10.7. The molecule has 0 aliphatic carbocycles. The first-order valence-electron chi connectivity index (χ1n) is 5.87. The largest absolute Gasteiger partial charge is 0.350 e. The lowest BCUT2D eigenvalue weighted by Gasteiger charge is -2.30. The van der Waals surface area contributed by atoms with E-state index in [1.165, 1.54) is 18.1 Å². The standard InChI is InChI=1S/C11H27N3Si/c1-8-15(9-2,10-3)12-11(13(4)5)14(6)7/h8-10H2,1-7H3. The van der Waals surface area contributed by atoms with Crippen molar-refractivity contribution in [3.63, 3.8) is 0 Å². The van der Waals surface area contributed by atoms with Gasteiger partial charge in [0.05, 0.1) is 0 Å². The Morgan fingerprint density at radius 2 is 1.20 bits per heavy atom. The lowest BCUT2D eigenvalue weighted by Crippen LogP contribution is -2.41. The van der Waals surface area contributed by atoms with E-state index >= 15 is 0 Å². The number of rotatable bonds is 4. The maximum Gasteiger partial charge on any atom is 0.186 e. The molecule has 90 valence electrons. The molecule has 0 fully saturated rings. The van der Waals surface area contributed by atoms with Gasteiger partial charge >= 0.3 is 0 Å². The zero-order valence-corrected chi connectivity index (χ0v) is 12.5. The first-order valence-corrected chi connectivity index (χ1v) is 8.43. The minimum atomic E-state index is -1.40. The molecule has 0 aromatic carbocycles. The van der Waals surface area contributed by atoms with Gasteiger partial charge in [-0.25, -0.2) is 0 Å². The second kappa shape index (κ2) is 6.15. The van der Waals surface area contributed by atoms with Crippen LogP contribution in [0.3, 0.4) is 0 Å². The third kappa shape index (κ3) is 3.85. The summed E-state index contributed by atoms with van der Waals surface area (Å²) in [6.45, 7) is 6.85. The second-order valence-corrected chi connectivity index (χ2v) is 9.28. The van der Waals surface area contributed by atoms with Gasteiger partial charge in [0.1, 0.15) is 0 Å². The smallest absolute Gasteiger partial charge is 0.186 e. The van der Waals surface area contributed by atoms with Gasteiger partial charge in [-0.05, 0) is 18.1 Å². The van der Waals surface area contributed by atoms with Crippen LogP contribution in [0, 0.1) is 0 Å². The topological polar surface area (TPSA) is 18.8 Å². The van der Waals surface area contributed by atoms with E-state index in [0.29, 0.717) is 0 Å². The average Bonchev–Trinajstić information content (AvgIpc) is 2.20. The molecule has 0 aromatic heterocycles. The van der Waals surface area contributed by atoms with Crippen LogP contribution in [0.1, 0.15) is 20.8 Å². The van der Waals surface area contributed by atoms with Crippen LogP contribution in [0.5, 0.6) is 0 Å². The molecule has 0 saturated carbocycles. The molecule has 0 atom stereocenters. The maximum atomic E-state index is 5.07.